The van der Waals surface area contributed by atoms with E-state index in [1.54, 1.807) is 0 Å². The summed E-state index contributed by atoms with van der Waals surface area (Å²) in [5.74, 6) is -0.254. The second-order valence-corrected chi connectivity index (χ2v) is 7.25. The number of carboxylic acids is 1. The lowest BCUT2D eigenvalue weighted by molar-refractivity contribution is -0.137. The number of nitrogens with one attached hydrogen (secondary N) is 1. The highest BCUT2D eigenvalue weighted by atomic mass is 16.4. The number of benzene rings is 1. The smallest absolute Gasteiger partial charge is 0.303 e. The van der Waals surface area contributed by atoms with E-state index in [9.17, 15) is 9.59 Å². The van der Waals surface area contributed by atoms with Crippen LogP contribution < -0.4 is 5.32 Å². The summed E-state index contributed by atoms with van der Waals surface area (Å²) in [5.41, 5.74) is 1.93. The summed E-state index contributed by atoms with van der Waals surface area (Å²) in [5, 5.41) is 11.7. The Morgan fingerprint density at radius 3 is 2.09 bits per heavy atom. The van der Waals surface area contributed by atoms with Crippen LogP contribution in [0.3, 0.4) is 0 Å². The summed E-state index contributed by atoms with van der Waals surface area (Å²) in [6.07, 6.45) is 0.878. The van der Waals surface area contributed by atoms with Gasteiger partial charge in [0.2, 0.25) is 5.91 Å². The molecule has 0 radical (unpaired) electrons. The Balaban J connectivity index is 2.57. The van der Waals surface area contributed by atoms with Gasteiger partial charge in [-0.15, -0.1) is 0 Å². The van der Waals surface area contributed by atoms with Gasteiger partial charge in [0.15, 0.2) is 0 Å². The Kier molecular flexibility index (Phi) is 6.79. The van der Waals surface area contributed by atoms with Crippen molar-refractivity contribution in [2.24, 2.45) is 0 Å². The van der Waals surface area contributed by atoms with Gasteiger partial charge in [0.1, 0.15) is 0 Å². The molecule has 1 aromatic rings. The topological polar surface area (TPSA) is 66.4 Å². The first-order valence-electron chi connectivity index (χ1n) is 8.23. The fourth-order valence-corrected chi connectivity index (χ4v) is 2.52. The Morgan fingerprint density at radius 1 is 1.09 bits per heavy atom. The van der Waals surface area contributed by atoms with Crippen LogP contribution in [0.25, 0.3) is 0 Å². The van der Waals surface area contributed by atoms with Gasteiger partial charge in [-0.2, -0.15) is 0 Å². The minimum absolute atomic E-state index is 0.0409. The number of hydrogen-bond donors (Lipinski definition) is 2. The molecule has 0 heterocycles. The zero-order valence-electron chi connectivity index (χ0n) is 14.8. The van der Waals surface area contributed by atoms with Gasteiger partial charge in [0, 0.05) is 18.4 Å². The predicted octanol–water partition coefficient (Wildman–Crippen LogP) is 4.06. The highest BCUT2D eigenvalue weighted by Crippen LogP contribution is 2.23. The molecule has 0 saturated carbocycles. The van der Waals surface area contributed by atoms with Gasteiger partial charge in [-0.25, -0.2) is 0 Å². The summed E-state index contributed by atoms with van der Waals surface area (Å²) in [7, 11) is 0. The number of hydrogen-bond acceptors (Lipinski definition) is 2. The molecule has 0 aromatic heterocycles. The van der Waals surface area contributed by atoms with Crippen LogP contribution in [0.1, 0.15) is 76.8 Å². The maximum Gasteiger partial charge on any atom is 0.303 e. The van der Waals surface area contributed by atoms with Crippen LogP contribution in [0.2, 0.25) is 0 Å². The van der Waals surface area contributed by atoms with Crippen molar-refractivity contribution in [3.63, 3.8) is 0 Å². The summed E-state index contributed by atoms with van der Waals surface area (Å²) in [6.45, 7) is 10.1. The van der Waals surface area contributed by atoms with Crippen LogP contribution in [0, 0.1) is 0 Å². The Hall–Kier alpha value is -1.84. The molecule has 0 fully saturated rings. The van der Waals surface area contributed by atoms with Crippen molar-refractivity contribution in [1.82, 2.24) is 5.32 Å². The van der Waals surface area contributed by atoms with Crippen LogP contribution in [-0.4, -0.2) is 22.5 Å². The van der Waals surface area contributed by atoms with Crippen molar-refractivity contribution in [2.75, 3.05) is 0 Å². The molecule has 23 heavy (non-hydrogen) atoms. The highest BCUT2D eigenvalue weighted by molar-refractivity contribution is 5.77. The molecule has 0 saturated heterocycles. The average Bonchev–Trinajstić information content (AvgIpc) is 2.44. The van der Waals surface area contributed by atoms with Crippen molar-refractivity contribution < 1.29 is 14.7 Å². The molecule has 1 aromatic carbocycles. The molecule has 4 heteroatoms. The van der Waals surface area contributed by atoms with E-state index < -0.39 is 11.5 Å². The monoisotopic (exact) mass is 319 g/mol. The molecule has 1 rings (SSSR count). The van der Waals surface area contributed by atoms with Crippen LogP contribution in [-0.2, 0) is 9.59 Å². The second kappa shape index (κ2) is 8.14. The Morgan fingerprint density at radius 2 is 1.61 bits per heavy atom. The molecule has 1 atom stereocenters. The van der Waals surface area contributed by atoms with Gasteiger partial charge in [0.05, 0.1) is 0 Å². The SMILES string of the molecule is CC(C)c1ccc(C(C)CC(=O)NC(C)(C)CCC(=O)O)cc1. The van der Waals surface area contributed by atoms with Crippen molar-refractivity contribution in [1.29, 1.82) is 0 Å². The van der Waals surface area contributed by atoms with Crippen molar-refractivity contribution in [2.45, 2.75) is 71.3 Å². The number of rotatable bonds is 8. The van der Waals surface area contributed by atoms with Gasteiger partial charge >= 0.3 is 5.97 Å². The van der Waals surface area contributed by atoms with Crippen molar-refractivity contribution in [3.8, 4) is 0 Å². The molecular weight excluding hydrogens is 290 g/mol. The molecule has 2 N–H and O–H groups in total. The fraction of sp³-hybridized carbons (Fsp3) is 0.579. The standard InChI is InChI=1S/C19H29NO3/c1-13(2)15-6-8-16(9-7-15)14(3)12-17(21)20-19(4,5)11-10-18(22)23/h6-9,13-14H,10-12H2,1-5H3,(H,20,21)(H,22,23). The molecule has 128 valence electrons. The number of aliphatic carboxylic acids is 1. The molecule has 0 aliphatic heterocycles. The summed E-state index contributed by atoms with van der Waals surface area (Å²) in [4.78, 5) is 22.9. The van der Waals surface area contributed by atoms with E-state index in [2.05, 4.69) is 43.4 Å². The normalized spacial score (nSPS) is 13.0. The van der Waals surface area contributed by atoms with Crippen LogP contribution >= 0.6 is 0 Å². The van der Waals surface area contributed by atoms with Gasteiger partial charge in [-0.05, 0) is 43.2 Å². The summed E-state index contributed by atoms with van der Waals surface area (Å²) < 4.78 is 0. The molecule has 0 spiro atoms. The third-order valence-corrected chi connectivity index (χ3v) is 4.11. The first-order chi connectivity index (χ1) is 10.6. The second-order valence-electron chi connectivity index (χ2n) is 7.25. The lowest BCUT2D eigenvalue weighted by Crippen LogP contribution is -2.44. The Bertz CT molecular complexity index is 532. The summed E-state index contributed by atoms with van der Waals surface area (Å²) >= 11 is 0. The third-order valence-electron chi connectivity index (χ3n) is 4.11. The van der Waals surface area contributed by atoms with Gasteiger partial charge in [0.25, 0.3) is 0 Å². The molecular formula is C19H29NO3. The molecule has 1 unspecified atom stereocenters. The first-order valence-corrected chi connectivity index (χ1v) is 8.23. The van der Waals surface area contributed by atoms with E-state index in [0.717, 1.165) is 5.56 Å². The molecule has 0 bridgehead atoms. The number of carboxylic acid groups (broad SMARTS) is 1. The zero-order valence-corrected chi connectivity index (χ0v) is 14.8. The quantitative estimate of drug-likeness (QED) is 0.759. The van der Waals surface area contributed by atoms with E-state index in [1.165, 1.54) is 5.56 Å². The Labute approximate surface area is 139 Å². The largest absolute Gasteiger partial charge is 0.481 e. The number of amides is 1. The van der Waals surface area contributed by atoms with E-state index in [0.29, 0.717) is 18.8 Å². The number of carbonyl (C=O) groups is 2. The van der Waals surface area contributed by atoms with E-state index in [1.807, 2.05) is 20.8 Å². The minimum atomic E-state index is -0.842. The lowest BCUT2D eigenvalue weighted by Gasteiger charge is -2.26. The van der Waals surface area contributed by atoms with Crippen molar-refractivity contribution >= 4 is 11.9 Å². The predicted molar refractivity (Wildman–Crippen MR) is 92.7 cm³/mol. The van der Waals surface area contributed by atoms with E-state index >= 15 is 0 Å². The lowest BCUT2D eigenvalue weighted by atomic mass is 9.93. The van der Waals surface area contributed by atoms with Crippen molar-refractivity contribution in [3.05, 3.63) is 35.4 Å². The third kappa shape index (κ3) is 6.85. The number of carbonyl (C=O) groups excluding carboxylic acids is 1. The first kappa shape index (κ1) is 19.2. The van der Waals surface area contributed by atoms with E-state index in [4.69, 9.17) is 5.11 Å². The highest BCUT2D eigenvalue weighted by Gasteiger charge is 2.22. The maximum atomic E-state index is 12.2. The minimum Gasteiger partial charge on any atom is -0.481 e. The average molecular weight is 319 g/mol. The van der Waals surface area contributed by atoms with Crippen LogP contribution in [0.5, 0.6) is 0 Å². The summed E-state index contributed by atoms with van der Waals surface area (Å²) in [6, 6.07) is 8.40. The molecule has 0 aliphatic rings. The van der Waals surface area contributed by atoms with Crippen LogP contribution in [0.15, 0.2) is 24.3 Å². The molecule has 1 amide bonds. The van der Waals surface area contributed by atoms with Gasteiger partial charge < -0.3 is 10.4 Å². The fourth-order valence-electron chi connectivity index (χ4n) is 2.52. The zero-order chi connectivity index (χ0) is 17.6. The van der Waals surface area contributed by atoms with Gasteiger partial charge in [-0.3, -0.25) is 9.59 Å². The molecule has 4 nitrogen and oxygen atoms in total. The van der Waals surface area contributed by atoms with Crippen LogP contribution in [0.4, 0.5) is 0 Å². The van der Waals surface area contributed by atoms with Gasteiger partial charge in [-0.1, -0.05) is 45.0 Å². The molecule has 0 aliphatic carbocycles. The maximum absolute atomic E-state index is 12.2. The van der Waals surface area contributed by atoms with E-state index in [-0.39, 0.29) is 18.2 Å².